The quantitative estimate of drug-likeness (QED) is 0.721. The van der Waals surface area contributed by atoms with Crippen molar-refractivity contribution >= 4 is 34.2 Å². The maximum atomic E-state index is 12.3. The van der Waals surface area contributed by atoms with Crippen LogP contribution in [-0.4, -0.2) is 5.91 Å². The van der Waals surface area contributed by atoms with Crippen molar-refractivity contribution in [1.82, 2.24) is 0 Å². The summed E-state index contributed by atoms with van der Waals surface area (Å²) in [6.07, 6.45) is 2.86. The van der Waals surface area contributed by atoms with Crippen LogP contribution in [0.5, 0.6) is 0 Å². The van der Waals surface area contributed by atoms with Gasteiger partial charge in [-0.3, -0.25) is 4.79 Å². The van der Waals surface area contributed by atoms with Crippen molar-refractivity contribution in [3.8, 4) is 0 Å². The second kappa shape index (κ2) is 6.47. The molecule has 3 nitrogen and oxygen atoms in total. The third-order valence-corrected chi connectivity index (χ3v) is 4.19. The highest BCUT2D eigenvalue weighted by molar-refractivity contribution is 6.33. The van der Waals surface area contributed by atoms with E-state index in [0.717, 1.165) is 28.5 Å². The third-order valence-electron chi connectivity index (χ3n) is 3.88. The minimum Gasteiger partial charge on any atom is -0.464 e. The molecule has 0 bridgehead atoms. The van der Waals surface area contributed by atoms with Gasteiger partial charge < -0.3 is 9.73 Å². The Morgan fingerprint density at radius 2 is 2.04 bits per heavy atom. The monoisotopic (exact) mass is 327 g/mol. The lowest BCUT2D eigenvalue weighted by Crippen LogP contribution is -2.14. The first-order valence-corrected chi connectivity index (χ1v) is 7.99. The van der Waals surface area contributed by atoms with Gasteiger partial charge in [-0.25, -0.2) is 0 Å². The molecule has 0 spiro atoms. The van der Waals surface area contributed by atoms with Crippen LogP contribution >= 0.6 is 11.6 Å². The Labute approximate surface area is 140 Å². The molecular weight excluding hydrogens is 310 g/mol. The van der Waals surface area contributed by atoms with Gasteiger partial charge in [0.2, 0.25) is 5.91 Å². The Morgan fingerprint density at radius 3 is 2.78 bits per heavy atom. The molecule has 4 heteroatoms. The second-order valence-corrected chi connectivity index (χ2v) is 6.06. The highest BCUT2D eigenvalue weighted by Crippen LogP contribution is 2.25. The highest BCUT2D eigenvalue weighted by atomic mass is 35.5. The van der Waals surface area contributed by atoms with Gasteiger partial charge in [0.15, 0.2) is 0 Å². The maximum absolute atomic E-state index is 12.3. The number of furan rings is 1. The van der Waals surface area contributed by atoms with Crippen LogP contribution in [0.1, 0.15) is 23.6 Å². The number of halogens is 1. The average Bonchev–Trinajstić information content (AvgIpc) is 2.92. The molecule has 0 saturated heterocycles. The molecule has 0 aliphatic heterocycles. The topological polar surface area (TPSA) is 42.2 Å². The predicted octanol–water partition coefficient (Wildman–Crippen LogP) is 5.14. The summed E-state index contributed by atoms with van der Waals surface area (Å²) in [5.41, 5.74) is 4.60. The molecule has 1 amide bonds. The maximum Gasteiger partial charge on any atom is 0.228 e. The molecule has 1 heterocycles. The molecule has 3 aromatic rings. The van der Waals surface area contributed by atoms with Crippen LogP contribution < -0.4 is 5.32 Å². The lowest BCUT2D eigenvalue weighted by Gasteiger charge is -2.07. The zero-order valence-corrected chi connectivity index (χ0v) is 13.9. The van der Waals surface area contributed by atoms with Gasteiger partial charge in [-0.1, -0.05) is 36.7 Å². The van der Waals surface area contributed by atoms with Crippen molar-refractivity contribution in [3.63, 3.8) is 0 Å². The second-order valence-electron chi connectivity index (χ2n) is 5.65. The minimum absolute atomic E-state index is 0.113. The first-order valence-electron chi connectivity index (χ1n) is 7.62. The van der Waals surface area contributed by atoms with Gasteiger partial charge in [0, 0.05) is 10.9 Å². The number of carbonyl (C=O) groups excluding carboxylic acids is 1. The molecule has 23 heavy (non-hydrogen) atoms. The summed E-state index contributed by atoms with van der Waals surface area (Å²) in [5.74, 6) is -0.113. The number of rotatable bonds is 4. The fourth-order valence-electron chi connectivity index (χ4n) is 2.57. The Hall–Kier alpha value is -2.26. The Balaban J connectivity index is 1.77. The van der Waals surface area contributed by atoms with E-state index >= 15 is 0 Å². The van der Waals surface area contributed by atoms with Crippen LogP contribution in [-0.2, 0) is 17.6 Å². The van der Waals surface area contributed by atoms with E-state index < -0.39 is 0 Å². The van der Waals surface area contributed by atoms with Crippen molar-refractivity contribution in [1.29, 1.82) is 0 Å². The molecular formula is C19H18ClNO2. The van der Waals surface area contributed by atoms with Crippen LogP contribution in [0.15, 0.2) is 47.1 Å². The SMILES string of the molecule is CCc1ccc2c(CC(=O)Nc3ccc(C)cc3Cl)coc2c1. The van der Waals surface area contributed by atoms with E-state index in [9.17, 15) is 4.79 Å². The Kier molecular flexibility index (Phi) is 4.39. The van der Waals surface area contributed by atoms with Crippen molar-refractivity contribution in [2.75, 3.05) is 5.32 Å². The van der Waals surface area contributed by atoms with Crippen LogP contribution in [0.3, 0.4) is 0 Å². The fourth-order valence-corrected chi connectivity index (χ4v) is 2.86. The fraction of sp³-hybridized carbons (Fsp3) is 0.211. The smallest absolute Gasteiger partial charge is 0.228 e. The Morgan fingerprint density at radius 1 is 1.22 bits per heavy atom. The lowest BCUT2D eigenvalue weighted by molar-refractivity contribution is -0.115. The zero-order valence-electron chi connectivity index (χ0n) is 13.2. The van der Waals surface area contributed by atoms with E-state index in [1.165, 1.54) is 5.56 Å². The van der Waals surface area contributed by atoms with Crippen LogP contribution in [0.2, 0.25) is 5.02 Å². The summed E-state index contributed by atoms with van der Waals surface area (Å²) in [6, 6.07) is 11.7. The lowest BCUT2D eigenvalue weighted by atomic mass is 10.1. The van der Waals surface area contributed by atoms with E-state index in [4.69, 9.17) is 16.0 Å². The molecule has 2 aromatic carbocycles. The number of nitrogens with one attached hydrogen (secondary N) is 1. The van der Waals surface area contributed by atoms with Gasteiger partial charge in [-0.05, 0) is 42.7 Å². The number of anilines is 1. The summed E-state index contributed by atoms with van der Waals surface area (Å²) in [5, 5.41) is 4.37. The number of carbonyl (C=O) groups is 1. The largest absolute Gasteiger partial charge is 0.464 e. The number of aryl methyl sites for hydroxylation is 2. The van der Waals surface area contributed by atoms with E-state index in [-0.39, 0.29) is 12.3 Å². The molecule has 0 fully saturated rings. The Bertz CT molecular complexity index is 867. The summed E-state index contributed by atoms with van der Waals surface area (Å²) in [6.45, 7) is 4.06. The molecule has 0 aliphatic rings. The molecule has 1 aromatic heterocycles. The van der Waals surface area contributed by atoms with E-state index in [1.54, 1.807) is 6.26 Å². The first kappa shape index (κ1) is 15.6. The molecule has 0 aliphatic carbocycles. The van der Waals surface area contributed by atoms with Crippen LogP contribution in [0, 0.1) is 6.92 Å². The molecule has 3 rings (SSSR count). The summed E-state index contributed by atoms with van der Waals surface area (Å²) in [7, 11) is 0. The molecule has 0 saturated carbocycles. The third kappa shape index (κ3) is 3.40. The van der Waals surface area contributed by atoms with Crippen LogP contribution in [0.4, 0.5) is 5.69 Å². The summed E-state index contributed by atoms with van der Waals surface area (Å²) >= 11 is 6.15. The van der Waals surface area contributed by atoms with Crippen molar-refractivity contribution in [3.05, 3.63) is 64.4 Å². The van der Waals surface area contributed by atoms with Crippen molar-refractivity contribution in [2.45, 2.75) is 26.7 Å². The zero-order chi connectivity index (χ0) is 16.4. The highest BCUT2D eigenvalue weighted by Gasteiger charge is 2.12. The number of amides is 1. The van der Waals surface area contributed by atoms with Crippen molar-refractivity contribution in [2.24, 2.45) is 0 Å². The molecule has 0 radical (unpaired) electrons. The number of hydrogen-bond acceptors (Lipinski definition) is 2. The minimum atomic E-state index is -0.113. The average molecular weight is 328 g/mol. The summed E-state index contributed by atoms with van der Waals surface area (Å²) < 4.78 is 5.58. The van der Waals surface area contributed by atoms with Gasteiger partial charge in [0.05, 0.1) is 23.4 Å². The van der Waals surface area contributed by atoms with Crippen LogP contribution in [0.25, 0.3) is 11.0 Å². The molecule has 1 N–H and O–H groups in total. The van der Waals surface area contributed by atoms with E-state index in [2.05, 4.69) is 18.3 Å². The summed E-state index contributed by atoms with van der Waals surface area (Å²) in [4.78, 5) is 12.3. The molecule has 0 atom stereocenters. The van der Waals surface area contributed by atoms with Gasteiger partial charge in [-0.15, -0.1) is 0 Å². The van der Waals surface area contributed by atoms with E-state index in [1.807, 2.05) is 37.3 Å². The standard InChI is InChI=1S/C19H18ClNO2/c1-3-13-5-6-15-14(11-23-18(15)9-13)10-19(22)21-17-7-4-12(2)8-16(17)20/h4-9,11H,3,10H2,1-2H3,(H,21,22). The molecule has 0 unspecified atom stereocenters. The normalized spacial score (nSPS) is 10.9. The predicted molar refractivity (Wildman–Crippen MR) is 94.1 cm³/mol. The first-order chi connectivity index (χ1) is 11.1. The number of hydrogen-bond donors (Lipinski definition) is 1. The number of fused-ring (bicyclic) bond motifs is 1. The van der Waals surface area contributed by atoms with E-state index in [0.29, 0.717) is 10.7 Å². The van der Waals surface area contributed by atoms with Gasteiger partial charge in [-0.2, -0.15) is 0 Å². The van der Waals surface area contributed by atoms with Gasteiger partial charge in [0.1, 0.15) is 5.58 Å². The molecule has 118 valence electrons. The number of benzene rings is 2. The van der Waals surface area contributed by atoms with Gasteiger partial charge in [0.25, 0.3) is 0 Å². The van der Waals surface area contributed by atoms with Gasteiger partial charge >= 0.3 is 0 Å². The van der Waals surface area contributed by atoms with Crippen molar-refractivity contribution < 1.29 is 9.21 Å².